The molecule has 1 saturated carbocycles. The molecule has 20 heteroatoms. The highest BCUT2D eigenvalue weighted by Crippen LogP contribution is 2.48. The standard InChI is InChI=1S/C38H72O17P2S/c1-3-5-6-7-8-9-10-11-12-13-14-18-21-25-31(40)53-29(27-51-30(39)24-20-17-15-16-19-22-26-58-32(41)23-4-2)28-52-57(49,50)55-38-35(44)33(42)37(34(43)36(38)45)54-56(46,47)48/h29,33-38,42-45H,3-28H2,1-2H3,(H,49,50)(H2,46,47,48)/t29-,33-,34+,35?,36-,37?,38?/m1/s1. The van der Waals surface area contributed by atoms with Gasteiger partial charge < -0.3 is 44.6 Å². The first-order valence-corrected chi connectivity index (χ1v) is 25.1. The Morgan fingerprint density at radius 3 is 1.45 bits per heavy atom. The quantitative estimate of drug-likeness (QED) is 0.0213. The van der Waals surface area contributed by atoms with Crippen LogP contribution in [0.2, 0.25) is 0 Å². The van der Waals surface area contributed by atoms with Gasteiger partial charge in [0.1, 0.15) is 43.2 Å². The largest absolute Gasteiger partial charge is 0.472 e. The van der Waals surface area contributed by atoms with Gasteiger partial charge in [-0.1, -0.05) is 128 Å². The lowest BCUT2D eigenvalue weighted by Crippen LogP contribution is -2.64. The number of ether oxygens (including phenoxy) is 2. The minimum absolute atomic E-state index is 0.0390. The molecule has 58 heavy (non-hydrogen) atoms. The van der Waals surface area contributed by atoms with E-state index in [-0.39, 0.29) is 18.0 Å². The fourth-order valence-electron chi connectivity index (χ4n) is 6.40. The van der Waals surface area contributed by atoms with Gasteiger partial charge in [-0.3, -0.25) is 28.0 Å². The van der Waals surface area contributed by atoms with E-state index in [2.05, 4.69) is 11.4 Å². The first-order valence-electron chi connectivity index (χ1n) is 21.1. The van der Waals surface area contributed by atoms with Crippen LogP contribution in [-0.4, -0.2) is 114 Å². The zero-order valence-corrected chi connectivity index (χ0v) is 37.0. The molecule has 0 radical (unpaired) electrons. The van der Waals surface area contributed by atoms with Crippen molar-refractivity contribution in [3.05, 3.63) is 0 Å². The molecule has 0 spiro atoms. The van der Waals surface area contributed by atoms with Crippen molar-refractivity contribution in [1.82, 2.24) is 0 Å². The maximum Gasteiger partial charge on any atom is 0.472 e. The van der Waals surface area contributed by atoms with Gasteiger partial charge in [0.05, 0.1) is 6.61 Å². The van der Waals surface area contributed by atoms with E-state index in [1.165, 1.54) is 63.1 Å². The molecule has 0 aliphatic heterocycles. The van der Waals surface area contributed by atoms with Crippen LogP contribution in [0.5, 0.6) is 0 Å². The number of aliphatic hydroxyl groups is 4. The van der Waals surface area contributed by atoms with Crippen molar-refractivity contribution in [2.75, 3.05) is 19.0 Å². The number of carbonyl (C=O) groups excluding carboxylic acids is 3. The predicted molar refractivity (Wildman–Crippen MR) is 217 cm³/mol. The Labute approximate surface area is 348 Å². The lowest BCUT2D eigenvalue weighted by atomic mass is 9.85. The topological polar surface area (TPSA) is 273 Å². The Morgan fingerprint density at radius 2 is 0.983 bits per heavy atom. The highest BCUT2D eigenvalue weighted by molar-refractivity contribution is 8.13. The molecule has 0 bridgehead atoms. The third-order valence-corrected chi connectivity index (χ3v) is 12.2. The van der Waals surface area contributed by atoms with Gasteiger partial charge in [0, 0.05) is 25.0 Å². The van der Waals surface area contributed by atoms with Crippen molar-refractivity contribution in [2.24, 2.45) is 0 Å². The van der Waals surface area contributed by atoms with Crippen LogP contribution in [0.3, 0.4) is 0 Å². The normalized spacial score (nSPS) is 22.6. The van der Waals surface area contributed by atoms with E-state index < -0.39 is 83.5 Å². The SMILES string of the molecule is CCCCCCCCCCCCCCCC(=O)O[C@H](COC(=O)CCCCCCCCSC(=O)CCC)COP(=O)(O)OC1C(O)[C@@H](O)C(OP(=O)(O)O)[C@@H](O)[C@H]1O. The molecule has 0 aromatic heterocycles. The highest BCUT2D eigenvalue weighted by Gasteiger charge is 2.54. The maximum atomic E-state index is 12.9. The number of aliphatic hydroxyl groups excluding tert-OH is 4. The van der Waals surface area contributed by atoms with E-state index in [4.69, 9.17) is 28.3 Å². The number of phosphoric ester groups is 2. The second kappa shape index (κ2) is 31.8. The molecule has 17 nitrogen and oxygen atoms in total. The predicted octanol–water partition coefficient (Wildman–Crippen LogP) is 6.15. The zero-order valence-electron chi connectivity index (χ0n) is 34.4. The monoisotopic (exact) mass is 894 g/mol. The van der Waals surface area contributed by atoms with Crippen LogP contribution in [0.15, 0.2) is 0 Å². The Morgan fingerprint density at radius 1 is 0.552 bits per heavy atom. The maximum absolute atomic E-state index is 12.9. The second-order valence-electron chi connectivity index (χ2n) is 15.0. The van der Waals surface area contributed by atoms with Crippen LogP contribution in [0.25, 0.3) is 0 Å². The Balaban J connectivity index is 2.63. The summed E-state index contributed by atoms with van der Waals surface area (Å²) in [5.41, 5.74) is 0. The Kier molecular flexibility index (Phi) is 30.2. The fourth-order valence-corrected chi connectivity index (χ4v) is 8.86. The summed E-state index contributed by atoms with van der Waals surface area (Å²) in [6.45, 7) is 2.83. The number of esters is 2. The molecule has 1 aliphatic carbocycles. The van der Waals surface area contributed by atoms with E-state index in [1.807, 2.05) is 6.92 Å². The third-order valence-electron chi connectivity index (χ3n) is 9.69. The molecule has 0 heterocycles. The molecule has 0 saturated heterocycles. The molecule has 8 atom stereocenters. The lowest BCUT2D eigenvalue weighted by molar-refractivity contribution is -0.216. The van der Waals surface area contributed by atoms with Crippen molar-refractivity contribution in [2.45, 2.75) is 204 Å². The van der Waals surface area contributed by atoms with Crippen molar-refractivity contribution < 1.29 is 81.7 Å². The van der Waals surface area contributed by atoms with E-state index in [0.29, 0.717) is 19.3 Å². The molecular weight excluding hydrogens is 822 g/mol. The summed E-state index contributed by atoms with van der Waals surface area (Å²) < 4.78 is 48.9. The van der Waals surface area contributed by atoms with Gasteiger partial charge in [0.2, 0.25) is 0 Å². The molecule has 0 aromatic carbocycles. The first-order chi connectivity index (χ1) is 27.5. The fraction of sp³-hybridized carbons (Fsp3) is 0.921. The number of thioether (sulfide) groups is 1. The van der Waals surface area contributed by atoms with Gasteiger partial charge >= 0.3 is 27.6 Å². The minimum Gasteiger partial charge on any atom is -0.462 e. The average molecular weight is 895 g/mol. The zero-order chi connectivity index (χ0) is 43.4. The van der Waals surface area contributed by atoms with Gasteiger partial charge in [0.25, 0.3) is 0 Å². The average Bonchev–Trinajstić information content (AvgIpc) is 3.16. The molecule has 0 amide bonds. The van der Waals surface area contributed by atoms with E-state index in [0.717, 1.165) is 70.0 Å². The number of carbonyl (C=O) groups is 3. The van der Waals surface area contributed by atoms with Gasteiger partial charge in [-0.05, 0) is 25.7 Å². The van der Waals surface area contributed by atoms with Crippen LogP contribution in [0, 0.1) is 0 Å². The van der Waals surface area contributed by atoms with Gasteiger partial charge in [-0.15, -0.1) is 0 Å². The molecule has 1 rings (SSSR count). The van der Waals surface area contributed by atoms with Crippen LogP contribution >= 0.6 is 27.4 Å². The van der Waals surface area contributed by atoms with Gasteiger partial charge in [-0.2, -0.15) is 0 Å². The molecular formula is C38H72O17P2S. The Bertz CT molecular complexity index is 1210. The van der Waals surface area contributed by atoms with E-state index >= 15 is 0 Å². The molecule has 0 aromatic rings. The minimum atomic E-state index is -5.31. The third kappa shape index (κ3) is 26.4. The van der Waals surface area contributed by atoms with Crippen LogP contribution in [0.4, 0.5) is 0 Å². The summed E-state index contributed by atoms with van der Waals surface area (Å²) in [6, 6.07) is 0. The summed E-state index contributed by atoms with van der Waals surface area (Å²) in [4.78, 5) is 65.4. The van der Waals surface area contributed by atoms with Crippen LogP contribution in [0.1, 0.15) is 162 Å². The second-order valence-corrected chi connectivity index (χ2v) is 18.7. The summed E-state index contributed by atoms with van der Waals surface area (Å²) in [5, 5.41) is 41.5. The molecule has 1 fully saturated rings. The van der Waals surface area contributed by atoms with E-state index in [1.54, 1.807) is 0 Å². The number of rotatable bonds is 35. The molecule has 4 unspecified atom stereocenters. The summed E-state index contributed by atoms with van der Waals surface area (Å²) in [7, 11) is -10.6. The first kappa shape index (κ1) is 55.0. The van der Waals surface area contributed by atoms with Crippen LogP contribution < -0.4 is 0 Å². The number of unbranched alkanes of at least 4 members (excludes halogenated alkanes) is 17. The lowest BCUT2D eigenvalue weighted by Gasteiger charge is -2.43. The summed E-state index contributed by atoms with van der Waals surface area (Å²) >= 11 is 1.37. The Hall–Kier alpha value is -0.980. The molecule has 1 aliphatic rings. The summed E-state index contributed by atoms with van der Waals surface area (Å²) in [6.07, 6.45) is 6.35. The van der Waals surface area contributed by atoms with Gasteiger partial charge in [0.15, 0.2) is 11.2 Å². The molecule has 7 N–H and O–H groups in total. The van der Waals surface area contributed by atoms with Crippen molar-refractivity contribution in [1.29, 1.82) is 0 Å². The molecule has 342 valence electrons. The van der Waals surface area contributed by atoms with E-state index in [9.17, 15) is 48.8 Å². The highest BCUT2D eigenvalue weighted by atomic mass is 32.2. The van der Waals surface area contributed by atoms with Crippen molar-refractivity contribution >= 4 is 44.5 Å². The number of phosphoric acid groups is 2. The van der Waals surface area contributed by atoms with Crippen LogP contribution in [-0.2, 0) is 46.6 Å². The van der Waals surface area contributed by atoms with Gasteiger partial charge in [-0.25, -0.2) is 9.13 Å². The number of hydrogen-bond acceptors (Lipinski definition) is 15. The summed E-state index contributed by atoms with van der Waals surface area (Å²) in [5.74, 6) is -0.447. The smallest absolute Gasteiger partial charge is 0.462 e. The van der Waals surface area contributed by atoms with Crippen molar-refractivity contribution in [3.63, 3.8) is 0 Å². The van der Waals surface area contributed by atoms with Crippen molar-refractivity contribution in [3.8, 4) is 0 Å². The number of hydrogen-bond donors (Lipinski definition) is 7.